The van der Waals surface area contributed by atoms with Crippen molar-refractivity contribution in [1.29, 1.82) is 0 Å². The van der Waals surface area contributed by atoms with Crippen LogP contribution in [0.4, 0.5) is 22.0 Å². The number of alkyl halides is 5. The van der Waals surface area contributed by atoms with Gasteiger partial charge in [-0.15, -0.1) is 0 Å². The molecule has 0 unspecified atom stereocenters. The van der Waals surface area contributed by atoms with Gasteiger partial charge in [0.25, 0.3) is 0 Å². The molecule has 1 aliphatic carbocycles. The van der Waals surface area contributed by atoms with Gasteiger partial charge in [0.15, 0.2) is 5.65 Å². The molecule has 1 saturated carbocycles. The summed E-state index contributed by atoms with van der Waals surface area (Å²) in [5, 5.41) is 4.53. The summed E-state index contributed by atoms with van der Waals surface area (Å²) in [5.74, 6) is -0.117. The van der Waals surface area contributed by atoms with Crippen molar-refractivity contribution in [3.05, 3.63) is 71.9 Å². The summed E-state index contributed by atoms with van der Waals surface area (Å²) in [5.41, 5.74) is 0.699. The van der Waals surface area contributed by atoms with Gasteiger partial charge in [-0.3, -0.25) is 0 Å². The van der Waals surface area contributed by atoms with Crippen molar-refractivity contribution in [3.8, 4) is 22.7 Å². The molecule has 0 amide bonds. The molecular formula is C23H16F5N3O. The maximum absolute atomic E-state index is 14.1. The summed E-state index contributed by atoms with van der Waals surface area (Å²) in [7, 11) is 0. The second-order valence-corrected chi connectivity index (χ2v) is 7.56. The van der Waals surface area contributed by atoms with E-state index in [-0.39, 0.29) is 28.4 Å². The highest BCUT2D eigenvalue weighted by atomic mass is 19.4. The minimum absolute atomic E-state index is 0.00487. The van der Waals surface area contributed by atoms with Crippen molar-refractivity contribution < 1.29 is 26.7 Å². The summed E-state index contributed by atoms with van der Waals surface area (Å²) in [4.78, 5) is 4.53. The van der Waals surface area contributed by atoms with Crippen LogP contribution in [0.15, 0.2) is 60.7 Å². The van der Waals surface area contributed by atoms with Crippen LogP contribution in [0.25, 0.3) is 28.0 Å². The lowest BCUT2D eigenvalue weighted by Crippen LogP contribution is -2.08. The first kappa shape index (κ1) is 20.4. The third-order valence-corrected chi connectivity index (χ3v) is 5.31. The summed E-state index contributed by atoms with van der Waals surface area (Å²) in [6.45, 7) is -2.99. The van der Waals surface area contributed by atoms with Crippen LogP contribution < -0.4 is 4.74 Å². The van der Waals surface area contributed by atoms with E-state index in [9.17, 15) is 22.0 Å². The van der Waals surface area contributed by atoms with E-state index in [2.05, 4.69) is 14.8 Å². The Bertz CT molecular complexity index is 1260. The van der Waals surface area contributed by atoms with E-state index >= 15 is 0 Å². The highest BCUT2D eigenvalue weighted by molar-refractivity contribution is 5.88. The van der Waals surface area contributed by atoms with Crippen molar-refractivity contribution in [2.75, 3.05) is 0 Å². The topological polar surface area (TPSA) is 39.9 Å². The van der Waals surface area contributed by atoms with Gasteiger partial charge in [0.1, 0.15) is 5.75 Å². The number of pyridine rings is 1. The second-order valence-electron chi connectivity index (χ2n) is 7.56. The van der Waals surface area contributed by atoms with Gasteiger partial charge in [-0.2, -0.15) is 27.1 Å². The molecule has 0 bridgehead atoms. The fourth-order valence-electron chi connectivity index (χ4n) is 3.71. The van der Waals surface area contributed by atoms with Gasteiger partial charge in [-0.25, -0.2) is 9.67 Å². The average Bonchev–Trinajstić information content (AvgIpc) is 3.53. The van der Waals surface area contributed by atoms with Crippen molar-refractivity contribution >= 4 is 11.0 Å². The predicted molar refractivity (Wildman–Crippen MR) is 108 cm³/mol. The monoisotopic (exact) mass is 445 g/mol. The number of aromatic nitrogens is 3. The van der Waals surface area contributed by atoms with E-state index in [1.54, 1.807) is 30.3 Å². The number of ether oxygens (including phenoxy) is 1. The lowest BCUT2D eigenvalue weighted by molar-refractivity contribution is -0.136. The van der Waals surface area contributed by atoms with Crippen molar-refractivity contribution in [2.45, 2.75) is 31.5 Å². The number of para-hydroxylation sites is 1. The number of hydrogen-bond donors (Lipinski definition) is 0. The summed E-state index contributed by atoms with van der Waals surface area (Å²) in [6, 6.07) is 15.2. The fourth-order valence-corrected chi connectivity index (χ4v) is 3.71. The Morgan fingerprint density at radius 2 is 1.66 bits per heavy atom. The van der Waals surface area contributed by atoms with Crippen molar-refractivity contribution in [1.82, 2.24) is 14.8 Å². The van der Waals surface area contributed by atoms with E-state index in [0.29, 0.717) is 16.9 Å². The van der Waals surface area contributed by atoms with Crippen LogP contribution >= 0.6 is 0 Å². The Morgan fingerprint density at radius 1 is 0.969 bits per heavy atom. The van der Waals surface area contributed by atoms with Gasteiger partial charge < -0.3 is 4.74 Å². The van der Waals surface area contributed by atoms with Gasteiger partial charge in [0.2, 0.25) is 0 Å². The Kier molecular flexibility index (Phi) is 4.83. The number of rotatable bonds is 5. The average molecular weight is 445 g/mol. The summed E-state index contributed by atoms with van der Waals surface area (Å²) >= 11 is 0. The Labute approximate surface area is 179 Å². The molecule has 32 heavy (non-hydrogen) atoms. The normalized spacial score (nSPS) is 14.3. The Balaban J connectivity index is 1.73. The van der Waals surface area contributed by atoms with E-state index < -0.39 is 18.4 Å². The van der Waals surface area contributed by atoms with Crippen LogP contribution in [-0.4, -0.2) is 21.4 Å². The fraction of sp³-hybridized carbons (Fsp3) is 0.217. The Morgan fingerprint density at radius 3 is 2.25 bits per heavy atom. The molecule has 0 aliphatic heterocycles. The molecular weight excluding hydrogens is 429 g/mol. The largest absolute Gasteiger partial charge is 0.435 e. The first-order chi connectivity index (χ1) is 15.3. The van der Waals surface area contributed by atoms with Gasteiger partial charge in [0, 0.05) is 11.5 Å². The van der Waals surface area contributed by atoms with Crippen LogP contribution in [0.5, 0.6) is 5.75 Å². The summed E-state index contributed by atoms with van der Waals surface area (Å²) in [6.07, 6.45) is -3.06. The van der Waals surface area contributed by atoms with Gasteiger partial charge in [-0.05, 0) is 55.3 Å². The van der Waals surface area contributed by atoms with Crippen LogP contribution in [-0.2, 0) is 6.18 Å². The third kappa shape index (κ3) is 3.79. The molecule has 164 valence electrons. The number of halogens is 5. The molecule has 0 radical (unpaired) electrons. The van der Waals surface area contributed by atoms with E-state index in [1.807, 2.05) is 0 Å². The number of benzene rings is 2. The second kappa shape index (κ2) is 7.58. The van der Waals surface area contributed by atoms with Gasteiger partial charge in [-0.1, -0.05) is 18.2 Å². The molecule has 1 fully saturated rings. The zero-order chi connectivity index (χ0) is 22.5. The molecule has 0 spiro atoms. The van der Waals surface area contributed by atoms with Crippen molar-refractivity contribution in [3.63, 3.8) is 0 Å². The first-order valence-corrected chi connectivity index (χ1v) is 9.93. The zero-order valence-corrected chi connectivity index (χ0v) is 16.5. The van der Waals surface area contributed by atoms with Crippen LogP contribution in [0.1, 0.15) is 30.0 Å². The molecule has 2 aromatic heterocycles. The molecule has 2 heterocycles. The van der Waals surface area contributed by atoms with E-state index in [1.165, 1.54) is 28.9 Å². The number of nitrogens with zero attached hydrogens (tertiary/aromatic N) is 3. The molecule has 0 atom stereocenters. The molecule has 2 aromatic carbocycles. The van der Waals surface area contributed by atoms with Gasteiger partial charge in [0.05, 0.1) is 28.0 Å². The third-order valence-electron chi connectivity index (χ3n) is 5.31. The standard InChI is InChI=1S/C23H16F5N3O/c24-22(25)32-16-10-8-13(9-11-16)18-12-17(23(26,27)28)19-20(14-6-7-14)30-31(21(19)29-18)15-4-2-1-3-5-15/h1-5,8-12,14,22H,6-7H2. The first-order valence-electron chi connectivity index (χ1n) is 9.93. The van der Waals surface area contributed by atoms with E-state index in [4.69, 9.17) is 0 Å². The molecule has 4 aromatic rings. The number of fused-ring (bicyclic) bond motifs is 1. The minimum Gasteiger partial charge on any atom is -0.435 e. The molecule has 1 aliphatic rings. The predicted octanol–water partition coefficient (Wildman–Crippen LogP) is 6.59. The highest BCUT2D eigenvalue weighted by Crippen LogP contribution is 2.47. The minimum atomic E-state index is -4.62. The molecule has 0 saturated heterocycles. The lowest BCUT2D eigenvalue weighted by Gasteiger charge is -2.12. The molecule has 5 rings (SSSR count). The smallest absolute Gasteiger partial charge is 0.417 e. The van der Waals surface area contributed by atoms with Crippen LogP contribution in [0.2, 0.25) is 0 Å². The quantitative estimate of drug-likeness (QED) is 0.326. The van der Waals surface area contributed by atoms with Gasteiger partial charge >= 0.3 is 12.8 Å². The van der Waals surface area contributed by atoms with E-state index in [0.717, 1.165) is 18.9 Å². The molecule has 9 heteroatoms. The number of hydrogen-bond acceptors (Lipinski definition) is 3. The zero-order valence-electron chi connectivity index (χ0n) is 16.5. The van der Waals surface area contributed by atoms with Crippen LogP contribution in [0.3, 0.4) is 0 Å². The summed E-state index contributed by atoms with van der Waals surface area (Å²) < 4.78 is 73.0. The van der Waals surface area contributed by atoms with Crippen molar-refractivity contribution in [2.24, 2.45) is 0 Å². The Hall–Kier alpha value is -3.49. The lowest BCUT2D eigenvalue weighted by atomic mass is 10.0. The molecule has 4 nitrogen and oxygen atoms in total. The van der Waals surface area contributed by atoms with Crippen LogP contribution in [0, 0.1) is 0 Å². The SMILES string of the molecule is FC(F)Oc1ccc(-c2cc(C(F)(F)F)c3c(C4CC4)nn(-c4ccccc4)c3n2)cc1. The maximum atomic E-state index is 14.1. The molecule has 0 N–H and O–H groups in total. The maximum Gasteiger partial charge on any atom is 0.417 e. The highest BCUT2D eigenvalue weighted by Gasteiger charge is 2.39.